The van der Waals surface area contributed by atoms with Gasteiger partial charge in [-0.05, 0) is 31.4 Å². The lowest BCUT2D eigenvalue weighted by Crippen LogP contribution is -2.54. The average molecular weight is 520 g/mol. The number of nitrogens with zero attached hydrogens (tertiary/aromatic N) is 1. The zero-order valence-corrected chi connectivity index (χ0v) is 20.2. The Morgan fingerprint density at radius 2 is 1.64 bits per heavy atom. The van der Waals surface area contributed by atoms with Crippen LogP contribution in [0.5, 0.6) is 0 Å². The molecule has 2 aliphatic rings. The van der Waals surface area contributed by atoms with Crippen LogP contribution in [0.3, 0.4) is 0 Å². The summed E-state index contributed by atoms with van der Waals surface area (Å²) < 4.78 is 0. The number of carbonyl (C=O) groups excluding carboxylic acids is 5. The van der Waals surface area contributed by atoms with Crippen molar-refractivity contribution in [2.24, 2.45) is 0 Å². The maximum atomic E-state index is 13.0. The smallest absolute Gasteiger partial charge is 0.264 e. The fourth-order valence-electron chi connectivity index (χ4n) is 4.27. The Morgan fingerprint density at radius 3 is 2.30 bits per heavy atom. The number of halogens is 1. The van der Waals surface area contributed by atoms with Crippen LogP contribution in [0.25, 0.3) is 0 Å². The van der Waals surface area contributed by atoms with Crippen molar-refractivity contribution in [3.8, 4) is 0 Å². The molecule has 0 spiro atoms. The molecule has 0 bridgehead atoms. The molecule has 178 valence electrons. The molecule has 2 N–H and O–H groups in total. The minimum atomic E-state index is -1.03. The number of carbonyl (C=O) groups is 5. The summed E-state index contributed by atoms with van der Waals surface area (Å²) in [5, 5.41) is 5.99. The Labute approximate surface area is 202 Å². The first-order chi connectivity index (χ1) is 15.9. The lowest BCUT2D eigenvalue weighted by Gasteiger charge is -2.27. The first-order valence-electron chi connectivity index (χ1n) is 11.6. The molecule has 0 saturated carbocycles. The number of imide groups is 2. The second-order valence-electron chi connectivity index (χ2n) is 8.49. The van der Waals surface area contributed by atoms with Gasteiger partial charge in [0.2, 0.25) is 17.7 Å². The molecule has 1 aromatic rings. The normalized spacial score (nSPS) is 17.8. The summed E-state index contributed by atoms with van der Waals surface area (Å²) in [5.74, 6) is -2.50. The van der Waals surface area contributed by atoms with Gasteiger partial charge in [-0.2, -0.15) is 0 Å². The molecule has 9 heteroatoms. The van der Waals surface area contributed by atoms with Crippen molar-refractivity contribution in [2.45, 2.75) is 76.7 Å². The van der Waals surface area contributed by atoms with Gasteiger partial charge >= 0.3 is 0 Å². The van der Waals surface area contributed by atoms with Crippen molar-refractivity contribution in [3.63, 3.8) is 0 Å². The van der Waals surface area contributed by atoms with Gasteiger partial charge in [0.15, 0.2) is 0 Å². The number of amides is 5. The number of nitrogens with one attached hydrogen (secondary N) is 2. The van der Waals surface area contributed by atoms with Crippen molar-refractivity contribution >= 4 is 51.2 Å². The minimum Gasteiger partial charge on any atom is -0.325 e. The van der Waals surface area contributed by atoms with Gasteiger partial charge in [0.25, 0.3) is 11.8 Å². The Hall–Kier alpha value is -2.55. The van der Waals surface area contributed by atoms with E-state index in [4.69, 9.17) is 0 Å². The first kappa shape index (κ1) is 25.1. The van der Waals surface area contributed by atoms with E-state index in [1.54, 1.807) is 12.1 Å². The molecule has 0 aromatic heterocycles. The summed E-state index contributed by atoms with van der Waals surface area (Å²) in [4.78, 5) is 62.9. The number of fused-ring (bicyclic) bond motifs is 1. The van der Waals surface area contributed by atoms with E-state index >= 15 is 0 Å². The van der Waals surface area contributed by atoms with E-state index in [1.807, 2.05) is 0 Å². The van der Waals surface area contributed by atoms with Gasteiger partial charge in [-0.3, -0.25) is 34.2 Å². The van der Waals surface area contributed by atoms with Crippen LogP contribution in [0, 0.1) is 0 Å². The molecule has 1 atom stereocenters. The molecule has 5 amide bonds. The van der Waals surface area contributed by atoms with Crippen molar-refractivity contribution in [3.05, 3.63) is 29.3 Å². The van der Waals surface area contributed by atoms with Gasteiger partial charge in [-0.25, -0.2) is 0 Å². The Morgan fingerprint density at radius 1 is 0.970 bits per heavy atom. The highest BCUT2D eigenvalue weighted by Crippen LogP contribution is 2.32. The monoisotopic (exact) mass is 519 g/mol. The van der Waals surface area contributed by atoms with Crippen LogP contribution in [0.15, 0.2) is 18.2 Å². The molecule has 1 fully saturated rings. The predicted molar refractivity (Wildman–Crippen MR) is 127 cm³/mol. The lowest BCUT2D eigenvalue weighted by molar-refractivity contribution is -0.136. The molecular formula is C24H30BrN3O5. The number of piperidine rings is 1. The third kappa shape index (κ3) is 6.28. The average Bonchev–Trinajstić information content (AvgIpc) is 3.04. The second-order valence-corrected chi connectivity index (χ2v) is 9.28. The van der Waals surface area contributed by atoms with Gasteiger partial charge in [0.1, 0.15) is 6.04 Å². The van der Waals surface area contributed by atoms with E-state index in [0.717, 1.165) is 29.5 Å². The second kappa shape index (κ2) is 12.1. The third-order valence-electron chi connectivity index (χ3n) is 6.03. The Kier molecular flexibility index (Phi) is 9.17. The summed E-state index contributed by atoms with van der Waals surface area (Å²) in [6.45, 7) is 0. The standard InChI is InChI=1S/C24H30BrN3O5/c25-15-8-6-4-2-1-3-5-7-12-19(29)26-17-11-9-10-16-21(17)24(33)28(23(16)32)18-13-14-20(30)27-22(18)31/h9-11,18H,1-8,12-15H2,(H,26,29)(H,27,30,31). The lowest BCUT2D eigenvalue weighted by atomic mass is 10.0. The van der Waals surface area contributed by atoms with Crippen molar-refractivity contribution < 1.29 is 24.0 Å². The predicted octanol–water partition coefficient (Wildman–Crippen LogP) is 3.93. The summed E-state index contributed by atoms with van der Waals surface area (Å²) in [5.41, 5.74) is 0.531. The highest BCUT2D eigenvalue weighted by molar-refractivity contribution is 9.09. The van der Waals surface area contributed by atoms with Crippen molar-refractivity contribution in [1.29, 1.82) is 0 Å². The van der Waals surface area contributed by atoms with Crippen LogP contribution in [0.1, 0.15) is 91.3 Å². The number of hydrogen-bond donors (Lipinski definition) is 2. The number of anilines is 1. The molecule has 33 heavy (non-hydrogen) atoms. The van der Waals surface area contributed by atoms with Crippen LogP contribution in [-0.2, 0) is 14.4 Å². The number of benzene rings is 1. The fourth-order valence-corrected chi connectivity index (χ4v) is 4.67. The first-order valence-corrected chi connectivity index (χ1v) is 12.8. The molecule has 1 aromatic carbocycles. The summed E-state index contributed by atoms with van der Waals surface area (Å²) >= 11 is 3.44. The number of unbranched alkanes of at least 4 members (excludes halogenated alkanes) is 7. The van der Waals surface area contributed by atoms with Gasteiger partial charge in [0.05, 0.1) is 16.8 Å². The quantitative estimate of drug-likeness (QED) is 0.246. The number of hydrogen-bond acceptors (Lipinski definition) is 5. The molecule has 0 aliphatic carbocycles. The van der Waals surface area contributed by atoms with Crippen LogP contribution < -0.4 is 10.6 Å². The summed E-state index contributed by atoms with van der Waals surface area (Å²) in [7, 11) is 0. The SMILES string of the molecule is O=C1CCC(N2C(=O)c3cccc(NC(=O)CCCCCCCCCCBr)c3C2=O)C(=O)N1. The fraction of sp³-hybridized carbons (Fsp3) is 0.542. The molecule has 1 unspecified atom stereocenters. The summed E-state index contributed by atoms with van der Waals surface area (Å²) in [6, 6.07) is 3.67. The molecular weight excluding hydrogens is 490 g/mol. The van der Waals surface area contributed by atoms with Gasteiger partial charge in [-0.15, -0.1) is 0 Å². The zero-order valence-electron chi connectivity index (χ0n) is 18.7. The van der Waals surface area contributed by atoms with Gasteiger partial charge < -0.3 is 5.32 Å². The maximum absolute atomic E-state index is 13.0. The molecule has 2 heterocycles. The van der Waals surface area contributed by atoms with Crippen molar-refractivity contribution in [2.75, 3.05) is 10.6 Å². The van der Waals surface area contributed by atoms with Crippen LogP contribution in [0.4, 0.5) is 5.69 Å². The summed E-state index contributed by atoms with van der Waals surface area (Å²) in [6.07, 6.45) is 9.41. The van der Waals surface area contributed by atoms with Gasteiger partial charge in [-0.1, -0.05) is 60.5 Å². The maximum Gasteiger partial charge on any atom is 0.264 e. The molecule has 3 rings (SSSR count). The largest absolute Gasteiger partial charge is 0.325 e. The Bertz CT molecular complexity index is 933. The highest BCUT2D eigenvalue weighted by Gasteiger charge is 2.45. The van der Waals surface area contributed by atoms with Crippen molar-refractivity contribution in [1.82, 2.24) is 10.2 Å². The van der Waals surface area contributed by atoms with E-state index in [2.05, 4.69) is 26.6 Å². The zero-order chi connectivity index (χ0) is 23.8. The van der Waals surface area contributed by atoms with Crippen LogP contribution in [0.2, 0.25) is 0 Å². The van der Waals surface area contributed by atoms with E-state index in [0.29, 0.717) is 6.42 Å². The van der Waals surface area contributed by atoms with Crippen LogP contribution in [-0.4, -0.2) is 45.8 Å². The third-order valence-corrected chi connectivity index (χ3v) is 6.59. The van der Waals surface area contributed by atoms with E-state index in [9.17, 15) is 24.0 Å². The van der Waals surface area contributed by atoms with E-state index < -0.39 is 29.7 Å². The molecule has 8 nitrogen and oxygen atoms in total. The van der Waals surface area contributed by atoms with Gasteiger partial charge in [0, 0.05) is 18.2 Å². The number of alkyl halides is 1. The van der Waals surface area contributed by atoms with E-state index in [1.165, 1.54) is 38.2 Å². The number of rotatable bonds is 12. The minimum absolute atomic E-state index is 0.0598. The topological polar surface area (TPSA) is 113 Å². The van der Waals surface area contributed by atoms with E-state index in [-0.39, 0.29) is 35.6 Å². The highest BCUT2D eigenvalue weighted by atomic mass is 79.9. The molecule has 1 saturated heterocycles. The Balaban J connectivity index is 1.52. The van der Waals surface area contributed by atoms with Crippen LogP contribution >= 0.6 is 15.9 Å². The molecule has 2 aliphatic heterocycles. The molecule has 0 radical (unpaired) electrons.